The van der Waals surface area contributed by atoms with Gasteiger partial charge in [-0.2, -0.15) is 0 Å². The normalized spacial score (nSPS) is 16.9. The first-order valence-corrected chi connectivity index (χ1v) is 19.2. The number of hydrogen-bond donors (Lipinski definition) is 3. The molecule has 56 heavy (non-hydrogen) atoms. The summed E-state index contributed by atoms with van der Waals surface area (Å²) in [5.41, 5.74) is 13.2. The van der Waals surface area contributed by atoms with E-state index in [1.54, 1.807) is 0 Å². The maximum absolute atomic E-state index is 6.58. The van der Waals surface area contributed by atoms with Crippen molar-refractivity contribution in [1.82, 2.24) is 16.0 Å². The maximum atomic E-state index is 6.58. The van der Waals surface area contributed by atoms with E-state index < -0.39 is 0 Å². The van der Waals surface area contributed by atoms with E-state index in [1.165, 1.54) is 16.7 Å². The van der Waals surface area contributed by atoms with Gasteiger partial charge in [-0.25, -0.2) is 0 Å². The highest BCUT2D eigenvalue weighted by atomic mass is 16.3. The van der Waals surface area contributed by atoms with Crippen molar-refractivity contribution in [2.75, 3.05) is 4.90 Å². The average molecular weight is 725 g/mol. The molecule has 10 rings (SSSR count). The summed E-state index contributed by atoms with van der Waals surface area (Å²) < 4.78 is 6.58. The molecule has 1 aromatic heterocycles. The van der Waals surface area contributed by atoms with E-state index in [9.17, 15) is 0 Å². The fourth-order valence-electron chi connectivity index (χ4n) is 8.04. The zero-order valence-corrected chi connectivity index (χ0v) is 30.7. The molecule has 2 atom stereocenters. The second kappa shape index (κ2) is 14.8. The quantitative estimate of drug-likeness (QED) is 0.146. The summed E-state index contributed by atoms with van der Waals surface area (Å²) in [6.07, 6.45) is -0.0922. The summed E-state index contributed by atoms with van der Waals surface area (Å²) in [4.78, 5) is 2.29. The molecule has 0 spiro atoms. The number of benzene rings is 8. The molecule has 1 saturated heterocycles. The van der Waals surface area contributed by atoms with Crippen molar-refractivity contribution in [2.45, 2.75) is 18.5 Å². The topological polar surface area (TPSA) is 52.5 Å². The molecule has 0 saturated carbocycles. The van der Waals surface area contributed by atoms with Gasteiger partial charge in [0.2, 0.25) is 0 Å². The summed E-state index contributed by atoms with van der Waals surface area (Å²) in [7, 11) is 0. The molecule has 2 heterocycles. The van der Waals surface area contributed by atoms with E-state index >= 15 is 0 Å². The molecule has 3 N–H and O–H groups in total. The molecule has 8 aromatic carbocycles. The van der Waals surface area contributed by atoms with Crippen molar-refractivity contribution < 1.29 is 4.42 Å². The lowest BCUT2D eigenvalue weighted by molar-refractivity contribution is 0.203. The third-order valence-corrected chi connectivity index (χ3v) is 10.8. The van der Waals surface area contributed by atoms with E-state index in [0.29, 0.717) is 0 Å². The van der Waals surface area contributed by atoms with Gasteiger partial charge in [-0.15, -0.1) is 0 Å². The SMILES string of the molecule is c1ccc(C2NC(c3ccccc3)NC(c3ccc(-c4cccc5oc6cc(-c7cccc(N(c8ccccc8)c8ccccc8)c7)ccc6c45)cc3)N2)cc1. The Morgan fingerprint density at radius 3 is 1.43 bits per heavy atom. The van der Waals surface area contributed by atoms with Gasteiger partial charge < -0.3 is 9.32 Å². The second-order valence-electron chi connectivity index (χ2n) is 14.3. The predicted octanol–water partition coefficient (Wildman–Crippen LogP) is 12.6. The molecule has 1 fully saturated rings. The first kappa shape index (κ1) is 33.8. The smallest absolute Gasteiger partial charge is 0.136 e. The highest BCUT2D eigenvalue weighted by Crippen LogP contribution is 2.40. The van der Waals surface area contributed by atoms with Gasteiger partial charge >= 0.3 is 0 Å². The zero-order chi connectivity index (χ0) is 37.3. The summed E-state index contributed by atoms with van der Waals surface area (Å²) >= 11 is 0. The Morgan fingerprint density at radius 2 is 0.839 bits per heavy atom. The Hall–Kier alpha value is -6.76. The number of fused-ring (bicyclic) bond motifs is 3. The lowest BCUT2D eigenvalue weighted by Crippen LogP contribution is -2.54. The van der Waals surface area contributed by atoms with Crippen LogP contribution in [0.2, 0.25) is 0 Å². The molecule has 1 aliphatic heterocycles. The third-order valence-electron chi connectivity index (χ3n) is 10.8. The number of nitrogens with zero attached hydrogens (tertiary/aromatic N) is 1. The molecular formula is C51H40N4O. The Labute approximate surface area is 326 Å². The molecule has 5 heteroatoms. The second-order valence-corrected chi connectivity index (χ2v) is 14.3. The van der Waals surface area contributed by atoms with Crippen LogP contribution >= 0.6 is 0 Å². The first-order valence-electron chi connectivity index (χ1n) is 19.2. The van der Waals surface area contributed by atoms with E-state index in [-0.39, 0.29) is 18.5 Å². The summed E-state index contributed by atoms with van der Waals surface area (Å²) in [6.45, 7) is 0. The van der Waals surface area contributed by atoms with Crippen LogP contribution in [-0.2, 0) is 0 Å². The molecule has 270 valence electrons. The molecule has 0 bridgehead atoms. The van der Waals surface area contributed by atoms with Crippen LogP contribution in [0.5, 0.6) is 0 Å². The Kier molecular flexibility index (Phi) is 8.94. The van der Waals surface area contributed by atoms with Gasteiger partial charge in [-0.3, -0.25) is 16.0 Å². The maximum Gasteiger partial charge on any atom is 0.136 e. The molecule has 0 aliphatic carbocycles. The number of para-hydroxylation sites is 2. The Balaban J connectivity index is 0.965. The standard InChI is InChI=1S/C51H40N4O/c1-5-15-36(16-6-1)49-52-50(37-17-7-2-8-18-37)54-51(53-49)38-29-27-35(28-30-38)44-25-14-26-46-48(44)45-32-31-40(34-47(45)56-46)39-19-13-24-43(33-39)55(41-20-9-3-10-21-41)42-22-11-4-12-23-42/h1-34,49-54H. The van der Waals surface area contributed by atoms with Crippen LogP contribution < -0.4 is 20.9 Å². The third kappa shape index (κ3) is 6.54. The van der Waals surface area contributed by atoms with E-state index in [2.05, 4.69) is 227 Å². The van der Waals surface area contributed by atoms with Crippen molar-refractivity contribution >= 4 is 39.0 Å². The summed E-state index contributed by atoms with van der Waals surface area (Å²) in [5.74, 6) is 0. The first-order chi connectivity index (χ1) is 27.7. The predicted molar refractivity (Wildman–Crippen MR) is 230 cm³/mol. The van der Waals surface area contributed by atoms with Gasteiger partial charge in [0.15, 0.2) is 0 Å². The fourth-order valence-corrected chi connectivity index (χ4v) is 8.04. The minimum absolute atomic E-state index is 0.0163. The van der Waals surface area contributed by atoms with Gasteiger partial charge in [0.25, 0.3) is 0 Å². The molecular weight excluding hydrogens is 685 g/mol. The van der Waals surface area contributed by atoms with Crippen molar-refractivity contribution in [3.63, 3.8) is 0 Å². The molecule has 0 radical (unpaired) electrons. The van der Waals surface area contributed by atoms with Crippen LogP contribution in [-0.4, -0.2) is 0 Å². The highest BCUT2D eigenvalue weighted by Gasteiger charge is 2.29. The molecule has 2 unspecified atom stereocenters. The number of rotatable bonds is 8. The monoisotopic (exact) mass is 724 g/mol. The van der Waals surface area contributed by atoms with Crippen molar-refractivity contribution in [3.05, 3.63) is 223 Å². The molecule has 0 amide bonds. The number of furan rings is 1. The van der Waals surface area contributed by atoms with Crippen molar-refractivity contribution in [2.24, 2.45) is 0 Å². The molecule has 5 nitrogen and oxygen atoms in total. The minimum atomic E-state index is -0.0596. The largest absolute Gasteiger partial charge is 0.456 e. The number of anilines is 3. The number of hydrogen-bond acceptors (Lipinski definition) is 5. The van der Waals surface area contributed by atoms with Crippen LogP contribution in [0.15, 0.2) is 211 Å². The van der Waals surface area contributed by atoms with Crippen LogP contribution in [0, 0.1) is 0 Å². The lowest BCUT2D eigenvalue weighted by Gasteiger charge is -2.39. The van der Waals surface area contributed by atoms with E-state index in [4.69, 9.17) is 4.42 Å². The van der Waals surface area contributed by atoms with Crippen LogP contribution in [0.1, 0.15) is 35.2 Å². The van der Waals surface area contributed by atoms with Crippen molar-refractivity contribution in [1.29, 1.82) is 0 Å². The summed E-state index contributed by atoms with van der Waals surface area (Å²) in [6, 6.07) is 72.8. The average Bonchev–Trinajstić information content (AvgIpc) is 3.66. The molecule has 9 aromatic rings. The zero-order valence-electron chi connectivity index (χ0n) is 30.7. The fraction of sp³-hybridized carbons (Fsp3) is 0.0588. The van der Waals surface area contributed by atoms with Crippen LogP contribution in [0.4, 0.5) is 17.1 Å². The van der Waals surface area contributed by atoms with Gasteiger partial charge in [-0.1, -0.05) is 152 Å². The van der Waals surface area contributed by atoms with Gasteiger partial charge in [-0.05, 0) is 93.5 Å². The van der Waals surface area contributed by atoms with E-state index in [1.807, 2.05) is 0 Å². The Morgan fingerprint density at radius 1 is 0.357 bits per heavy atom. The summed E-state index contributed by atoms with van der Waals surface area (Å²) in [5, 5.41) is 13.6. The highest BCUT2D eigenvalue weighted by molar-refractivity contribution is 6.13. The van der Waals surface area contributed by atoms with E-state index in [0.717, 1.165) is 61.3 Å². The van der Waals surface area contributed by atoms with Gasteiger partial charge in [0.1, 0.15) is 11.2 Å². The van der Waals surface area contributed by atoms with Gasteiger partial charge in [0.05, 0.1) is 18.5 Å². The minimum Gasteiger partial charge on any atom is -0.456 e. The van der Waals surface area contributed by atoms with Crippen LogP contribution in [0.3, 0.4) is 0 Å². The molecule has 1 aliphatic rings. The Bertz CT molecular complexity index is 2650. The lowest BCUT2D eigenvalue weighted by atomic mass is 9.96. The van der Waals surface area contributed by atoms with Gasteiger partial charge in [0, 0.05) is 27.8 Å². The number of nitrogens with one attached hydrogen (secondary N) is 3. The van der Waals surface area contributed by atoms with Crippen molar-refractivity contribution in [3.8, 4) is 22.3 Å². The van der Waals surface area contributed by atoms with Crippen LogP contribution in [0.25, 0.3) is 44.2 Å².